The molecule has 0 saturated carbocycles. The first-order chi connectivity index (χ1) is 13.9. The van der Waals surface area contributed by atoms with Gasteiger partial charge in [0.1, 0.15) is 0 Å². The minimum absolute atomic E-state index is 0.0438. The molecule has 10 heteroatoms. The lowest BCUT2D eigenvalue weighted by Crippen LogP contribution is -2.38. The Balaban J connectivity index is 1.33. The second kappa shape index (κ2) is 7.49. The predicted molar refractivity (Wildman–Crippen MR) is 96.7 cm³/mol. The van der Waals surface area contributed by atoms with Crippen molar-refractivity contribution in [1.29, 1.82) is 0 Å². The zero-order valence-corrected chi connectivity index (χ0v) is 15.1. The topological polar surface area (TPSA) is 128 Å². The van der Waals surface area contributed by atoms with Gasteiger partial charge in [-0.1, -0.05) is 6.07 Å². The number of aliphatic hydroxyl groups is 1. The first-order valence-corrected chi connectivity index (χ1v) is 8.73. The molecular formula is C19H16N2O8. The van der Waals surface area contributed by atoms with Crippen molar-refractivity contribution in [2.24, 2.45) is 0 Å². The fourth-order valence-electron chi connectivity index (χ4n) is 3.17. The Kier molecular flexibility index (Phi) is 4.87. The van der Waals surface area contributed by atoms with Crippen molar-refractivity contribution in [3.63, 3.8) is 0 Å². The van der Waals surface area contributed by atoms with Gasteiger partial charge in [-0.3, -0.25) is 24.6 Å². The van der Waals surface area contributed by atoms with Gasteiger partial charge in [0.05, 0.1) is 41.9 Å². The Morgan fingerprint density at radius 3 is 2.66 bits per heavy atom. The molecule has 0 unspecified atom stereocenters. The number of non-ortho nitro benzene ring substituents is 1. The average molecular weight is 400 g/mol. The van der Waals surface area contributed by atoms with E-state index in [1.54, 1.807) is 18.2 Å². The van der Waals surface area contributed by atoms with E-state index in [9.17, 15) is 24.8 Å². The molecule has 2 amide bonds. The molecule has 0 radical (unpaired) electrons. The zero-order chi connectivity index (χ0) is 20.5. The molecule has 29 heavy (non-hydrogen) atoms. The number of carbonyl (C=O) groups is 2. The summed E-state index contributed by atoms with van der Waals surface area (Å²) in [5.41, 5.74) is 0.570. The number of hydrogen-bond acceptors (Lipinski definition) is 8. The lowest BCUT2D eigenvalue weighted by molar-refractivity contribution is -0.384. The van der Waals surface area contributed by atoms with Gasteiger partial charge in [-0.05, 0) is 23.8 Å². The van der Waals surface area contributed by atoms with Crippen molar-refractivity contribution in [1.82, 2.24) is 4.90 Å². The molecule has 1 N–H and O–H groups in total. The number of nitro benzene ring substituents is 1. The number of rotatable bonds is 7. The van der Waals surface area contributed by atoms with E-state index in [0.29, 0.717) is 11.5 Å². The van der Waals surface area contributed by atoms with Crippen LogP contribution in [0, 0.1) is 10.1 Å². The maximum atomic E-state index is 12.4. The standard InChI is InChI=1S/C19H16N2O8/c22-13(9-27-8-11-1-4-16-17(5-11)29-10-28-16)7-20-18(23)14-3-2-12(21(25)26)6-15(14)19(20)24/h1-6,13,22H,7-10H2/t13-/m0/s1. The molecule has 2 aliphatic heterocycles. The van der Waals surface area contributed by atoms with Crippen molar-refractivity contribution in [3.05, 3.63) is 63.2 Å². The number of fused-ring (bicyclic) bond motifs is 2. The van der Waals surface area contributed by atoms with Crippen LogP contribution in [0.4, 0.5) is 5.69 Å². The van der Waals surface area contributed by atoms with Crippen molar-refractivity contribution in [3.8, 4) is 11.5 Å². The second-order valence-corrected chi connectivity index (χ2v) is 6.56. The number of nitrogens with zero attached hydrogens (tertiary/aromatic N) is 2. The van der Waals surface area contributed by atoms with Crippen LogP contribution in [0.2, 0.25) is 0 Å². The first kappa shape index (κ1) is 18.8. The second-order valence-electron chi connectivity index (χ2n) is 6.56. The third-order valence-corrected chi connectivity index (χ3v) is 4.57. The summed E-state index contributed by atoms with van der Waals surface area (Å²) in [6.45, 7) is -0.0207. The number of imide groups is 1. The van der Waals surface area contributed by atoms with Crippen LogP contribution in [-0.4, -0.2) is 52.8 Å². The van der Waals surface area contributed by atoms with Crippen LogP contribution >= 0.6 is 0 Å². The number of amides is 2. The molecular weight excluding hydrogens is 384 g/mol. The first-order valence-electron chi connectivity index (χ1n) is 8.73. The summed E-state index contributed by atoms with van der Waals surface area (Å²) in [6, 6.07) is 8.81. The Bertz CT molecular complexity index is 1010. The average Bonchev–Trinajstić information content (AvgIpc) is 3.26. The number of aliphatic hydroxyl groups excluding tert-OH is 1. The van der Waals surface area contributed by atoms with Gasteiger partial charge in [-0.15, -0.1) is 0 Å². The van der Waals surface area contributed by atoms with Crippen LogP contribution in [0.25, 0.3) is 0 Å². The summed E-state index contributed by atoms with van der Waals surface area (Å²) in [7, 11) is 0. The Morgan fingerprint density at radius 2 is 1.86 bits per heavy atom. The number of hydrogen-bond donors (Lipinski definition) is 1. The summed E-state index contributed by atoms with van der Waals surface area (Å²) in [5.74, 6) is -0.00958. The summed E-state index contributed by atoms with van der Waals surface area (Å²) in [4.78, 5) is 35.9. The van der Waals surface area contributed by atoms with Crippen molar-refractivity contribution in [2.75, 3.05) is 19.9 Å². The molecule has 2 aromatic carbocycles. The molecule has 2 aliphatic rings. The van der Waals surface area contributed by atoms with Gasteiger partial charge in [0.15, 0.2) is 11.5 Å². The van der Waals surface area contributed by atoms with Gasteiger partial charge >= 0.3 is 0 Å². The maximum Gasteiger partial charge on any atom is 0.270 e. The lowest BCUT2D eigenvalue weighted by Gasteiger charge is -2.18. The van der Waals surface area contributed by atoms with E-state index >= 15 is 0 Å². The van der Waals surface area contributed by atoms with Crippen molar-refractivity contribution in [2.45, 2.75) is 12.7 Å². The van der Waals surface area contributed by atoms with Crippen LogP contribution in [0.1, 0.15) is 26.3 Å². The molecule has 150 valence electrons. The largest absolute Gasteiger partial charge is 0.454 e. The van der Waals surface area contributed by atoms with Crippen LogP contribution in [-0.2, 0) is 11.3 Å². The minimum atomic E-state index is -1.11. The van der Waals surface area contributed by atoms with Crippen LogP contribution in [0.3, 0.4) is 0 Å². The van der Waals surface area contributed by atoms with Gasteiger partial charge in [-0.2, -0.15) is 0 Å². The molecule has 0 bridgehead atoms. The van der Waals surface area contributed by atoms with E-state index in [1.807, 2.05) is 0 Å². The molecule has 2 heterocycles. The van der Waals surface area contributed by atoms with E-state index in [-0.39, 0.29) is 43.4 Å². The molecule has 0 aliphatic carbocycles. The summed E-state index contributed by atoms with van der Waals surface area (Å²) < 4.78 is 16.0. The van der Waals surface area contributed by atoms with Gasteiger partial charge in [0, 0.05) is 12.1 Å². The third kappa shape index (κ3) is 3.62. The smallest absolute Gasteiger partial charge is 0.270 e. The van der Waals surface area contributed by atoms with Crippen LogP contribution in [0.15, 0.2) is 36.4 Å². The summed E-state index contributed by atoms with van der Waals surface area (Å²) in [6.07, 6.45) is -1.11. The lowest BCUT2D eigenvalue weighted by atomic mass is 10.1. The van der Waals surface area contributed by atoms with E-state index in [4.69, 9.17) is 14.2 Å². The number of carbonyl (C=O) groups excluding carboxylic acids is 2. The van der Waals surface area contributed by atoms with Gasteiger partial charge < -0.3 is 19.3 Å². The number of ether oxygens (including phenoxy) is 3. The number of benzene rings is 2. The molecule has 2 aromatic rings. The number of β-amino-alcohol motifs (C(OH)–C–C–N with tert-alkyl or cyclic N) is 1. The van der Waals surface area contributed by atoms with Crippen molar-refractivity contribution < 1.29 is 33.8 Å². The highest BCUT2D eigenvalue weighted by atomic mass is 16.7. The van der Waals surface area contributed by atoms with E-state index in [2.05, 4.69) is 0 Å². The highest BCUT2D eigenvalue weighted by molar-refractivity contribution is 6.21. The van der Waals surface area contributed by atoms with E-state index in [1.165, 1.54) is 12.1 Å². The quantitative estimate of drug-likeness (QED) is 0.421. The van der Waals surface area contributed by atoms with Gasteiger partial charge in [0.25, 0.3) is 17.5 Å². The minimum Gasteiger partial charge on any atom is -0.454 e. The van der Waals surface area contributed by atoms with Crippen molar-refractivity contribution >= 4 is 17.5 Å². The zero-order valence-electron chi connectivity index (χ0n) is 15.1. The highest BCUT2D eigenvalue weighted by Crippen LogP contribution is 2.32. The van der Waals surface area contributed by atoms with E-state index < -0.39 is 22.8 Å². The van der Waals surface area contributed by atoms with Gasteiger partial charge in [0.2, 0.25) is 6.79 Å². The van der Waals surface area contributed by atoms with Crippen LogP contribution in [0.5, 0.6) is 11.5 Å². The molecule has 0 fully saturated rings. The summed E-state index contributed by atoms with van der Waals surface area (Å²) >= 11 is 0. The molecule has 0 aromatic heterocycles. The molecule has 4 rings (SSSR count). The third-order valence-electron chi connectivity index (χ3n) is 4.57. The van der Waals surface area contributed by atoms with Gasteiger partial charge in [-0.25, -0.2) is 0 Å². The Hall–Kier alpha value is -3.50. The monoisotopic (exact) mass is 400 g/mol. The fraction of sp³-hybridized carbons (Fsp3) is 0.263. The van der Waals surface area contributed by atoms with Crippen LogP contribution < -0.4 is 9.47 Å². The Labute approximate surface area is 164 Å². The Morgan fingerprint density at radius 1 is 1.10 bits per heavy atom. The predicted octanol–water partition coefficient (Wildman–Crippen LogP) is 1.50. The summed E-state index contributed by atoms with van der Waals surface area (Å²) in [5, 5.41) is 21.0. The SMILES string of the molecule is O=C1c2ccc([N+](=O)[O-])cc2C(=O)N1C[C@H](O)COCc1ccc2c(c1)OCO2. The fourth-order valence-corrected chi connectivity index (χ4v) is 3.17. The number of nitro groups is 1. The molecule has 0 spiro atoms. The van der Waals surface area contributed by atoms with E-state index in [0.717, 1.165) is 16.5 Å². The maximum absolute atomic E-state index is 12.4. The molecule has 0 saturated heterocycles. The normalized spacial score (nSPS) is 15.6. The molecule has 10 nitrogen and oxygen atoms in total. The highest BCUT2D eigenvalue weighted by Gasteiger charge is 2.37. The molecule has 1 atom stereocenters.